The number of amides is 1. The highest BCUT2D eigenvalue weighted by Crippen LogP contribution is 2.27. The highest BCUT2D eigenvalue weighted by atomic mass is 16.2. The number of nitrogen functional groups attached to an aromatic ring is 1. The molecule has 0 spiro atoms. The third-order valence-electron chi connectivity index (χ3n) is 3.03. The lowest BCUT2D eigenvalue weighted by Crippen LogP contribution is -2.35. The minimum atomic E-state index is 0.252. The molecule has 0 bridgehead atoms. The number of rotatable bonds is 1. The molecular weight excluding hydrogens is 188 g/mol. The molecule has 1 aliphatic heterocycles. The predicted molar refractivity (Wildman–Crippen MR) is 60.5 cm³/mol. The van der Waals surface area contributed by atoms with Gasteiger partial charge in [0.25, 0.3) is 0 Å². The number of likely N-dealkylation sites (tertiary alicyclic amines) is 1. The van der Waals surface area contributed by atoms with E-state index in [1.807, 2.05) is 24.1 Å². The van der Waals surface area contributed by atoms with Crippen molar-refractivity contribution in [3.05, 3.63) is 29.8 Å². The fourth-order valence-electron chi connectivity index (χ4n) is 2.05. The van der Waals surface area contributed by atoms with Crippen LogP contribution < -0.4 is 5.73 Å². The summed E-state index contributed by atoms with van der Waals surface area (Å²) in [7, 11) is 1.87. The van der Waals surface area contributed by atoms with E-state index in [0.29, 0.717) is 12.3 Å². The number of hydrogen-bond donors (Lipinski definition) is 1. The van der Waals surface area contributed by atoms with Crippen LogP contribution in [0, 0.1) is 0 Å². The van der Waals surface area contributed by atoms with E-state index in [-0.39, 0.29) is 5.91 Å². The summed E-state index contributed by atoms with van der Waals surface area (Å²) in [5.41, 5.74) is 7.71. The monoisotopic (exact) mass is 204 g/mol. The number of piperidine rings is 1. The zero-order valence-electron chi connectivity index (χ0n) is 8.94. The van der Waals surface area contributed by atoms with Gasteiger partial charge in [0, 0.05) is 31.6 Å². The highest BCUT2D eigenvalue weighted by Gasteiger charge is 2.23. The fourth-order valence-corrected chi connectivity index (χ4v) is 2.05. The predicted octanol–water partition coefficient (Wildman–Crippen LogP) is 1.60. The van der Waals surface area contributed by atoms with Crippen molar-refractivity contribution < 1.29 is 4.79 Å². The molecule has 0 radical (unpaired) electrons. The first-order valence-electron chi connectivity index (χ1n) is 5.26. The first kappa shape index (κ1) is 10.0. The number of nitrogens with two attached hydrogens (primary N) is 1. The topological polar surface area (TPSA) is 46.3 Å². The highest BCUT2D eigenvalue weighted by molar-refractivity contribution is 5.76. The zero-order valence-corrected chi connectivity index (χ0v) is 8.94. The number of anilines is 1. The Balaban J connectivity index is 2.12. The molecule has 1 fully saturated rings. The van der Waals surface area contributed by atoms with Crippen molar-refractivity contribution in [2.75, 3.05) is 19.3 Å². The molecule has 0 aromatic heterocycles. The third-order valence-corrected chi connectivity index (χ3v) is 3.03. The molecule has 3 heteroatoms. The van der Waals surface area contributed by atoms with Crippen LogP contribution in [0.3, 0.4) is 0 Å². The maximum atomic E-state index is 11.3. The number of carbonyl (C=O) groups is 1. The molecule has 3 nitrogen and oxygen atoms in total. The number of nitrogens with zero attached hydrogens (tertiary/aromatic N) is 1. The van der Waals surface area contributed by atoms with Gasteiger partial charge < -0.3 is 10.6 Å². The van der Waals surface area contributed by atoms with E-state index >= 15 is 0 Å². The maximum Gasteiger partial charge on any atom is 0.222 e. The molecule has 1 aromatic rings. The van der Waals surface area contributed by atoms with Gasteiger partial charge in [-0.25, -0.2) is 0 Å². The Labute approximate surface area is 89.9 Å². The third kappa shape index (κ3) is 2.12. The smallest absolute Gasteiger partial charge is 0.222 e. The van der Waals surface area contributed by atoms with Crippen molar-refractivity contribution in [2.45, 2.75) is 18.8 Å². The standard InChI is InChI=1S/C12H16N2O/c1-14-8-10(4-7-12(14)15)9-2-5-11(13)6-3-9/h2-3,5-6,10H,4,7-8,13H2,1H3. The van der Waals surface area contributed by atoms with Gasteiger partial charge in [0.05, 0.1) is 0 Å². The second-order valence-corrected chi connectivity index (χ2v) is 4.18. The van der Waals surface area contributed by atoms with E-state index in [4.69, 9.17) is 5.73 Å². The molecule has 0 aliphatic carbocycles. The summed E-state index contributed by atoms with van der Waals surface area (Å²) >= 11 is 0. The summed E-state index contributed by atoms with van der Waals surface area (Å²) < 4.78 is 0. The van der Waals surface area contributed by atoms with E-state index in [1.54, 1.807) is 0 Å². The molecule has 1 heterocycles. The molecule has 15 heavy (non-hydrogen) atoms. The zero-order chi connectivity index (χ0) is 10.8. The summed E-state index contributed by atoms with van der Waals surface area (Å²) in [4.78, 5) is 13.1. The van der Waals surface area contributed by atoms with Gasteiger partial charge in [-0.05, 0) is 24.1 Å². The van der Waals surface area contributed by atoms with Gasteiger partial charge in [-0.2, -0.15) is 0 Å². The molecule has 2 rings (SSSR count). The molecule has 2 N–H and O–H groups in total. The van der Waals surface area contributed by atoms with Crippen LogP contribution in [-0.2, 0) is 4.79 Å². The summed E-state index contributed by atoms with van der Waals surface area (Å²) in [5, 5.41) is 0. The van der Waals surface area contributed by atoms with Crippen LogP contribution in [0.2, 0.25) is 0 Å². The largest absolute Gasteiger partial charge is 0.399 e. The minimum absolute atomic E-state index is 0.252. The molecule has 1 atom stereocenters. The van der Waals surface area contributed by atoms with Crippen LogP contribution in [0.4, 0.5) is 5.69 Å². The van der Waals surface area contributed by atoms with E-state index < -0.39 is 0 Å². The first-order chi connectivity index (χ1) is 7.16. The Morgan fingerprint density at radius 1 is 1.33 bits per heavy atom. The molecule has 1 amide bonds. The Morgan fingerprint density at radius 2 is 2.00 bits per heavy atom. The summed E-state index contributed by atoms with van der Waals surface area (Å²) in [6.45, 7) is 0.822. The second-order valence-electron chi connectivity index (χ2n) is 4.18. The lowest BCUT2D eigenvalue weighted by molar-refractivity contribution is -0.132. The maximum absolute atomic E-state index is 11.3. The summed E-state index contributed by atoms with van der Waals surface area (Å²) in [6, 6.07) is 7.96. The van der Waals surface area contributed by atoms with Crippen molar-refractivity contribution in [3.8, 4) is 0 Å². The van der Waals surface area contributed by atoms with Gasteiger partial charge in [0.1, 0.15) is 0 Å². The number of benzene rings is 1. The Bertz CT molecular complexity index is 358. The van der Waals surface area contributed by atoms with Crippen molar-refractivity contribution in [1.82, 2.24) is 4.90 Å². The molecule has 1 aliphatic rings. The van der Waals surface area contributed by atoms with Gasteiger partial charge in [0.15, 0.2) is 0 Å². The fraction of sp³-hybridized carbons (Fsp3) is 0.417. The lowest BCUT2D eigenvalue weighted by Gasteiger charge is -2.29. The minimum Gasteiger partial charge on any atom is -0.399 e. The Morgan fingerprint density at radius 3 is 2.60 bits per heavy atom. The van der Waals surface area contributed by atoms with E-state index in [2.05, 4.69) is 12.1 Å². The quantitative estimate of drug-likeness (QED) is 0.706. The molecule has 0 saturated carbocycles. The summed E-state index contributed by atoms with van der Waals surface area (Å²) in [6.07, 6.45) is 1.61. The van der Waals surface area contributed by atoms with Crippen LogP contribution in [0.5, 0.6) is 0 Å². The van der Waals surface area contributed by atoms with Crippen LogP contribution in [0.1, 0.15) is 24.3 Å². The van der Waals surface area contributed by atoms with Gasteiger partial charge >= 0.3 is 0 Å². The van der Waals surface area contributed by atoms with Gasteiger partial charge in [-0.15, -0.1) is 0 Å². The van der Waals surface area contributed by atoms with Crippen LogP contribution in [0.15, 0.2) is 24.3 Å². The first-order valence-corrected chi connectivity index (χ1v) is 5.26. The van der Waals surface area contributed by atoms with Gasteiger partial charge in [-0.1, -0.05) is 12.1 Å². The van der Waals surface area contributed by atoms with Crippen LogP contribution in [-0.4, -0.2) is 24.4 Å². The SMILES string of the molecule is CN1CC(c2ccc(N)cc2)CCC1=O. The lowest BCUT2D eigenvalue weighted by atomic mass is 9.90. The normalized spacial score (nSPS) is 21.8. The van der Waals surface area contributed by atoms with Crippen molar-refractivity contribution in [3.63, 3.8) is 0 Å². The number of likely N-dealkylation sites (N-methyl/N-ethyl adjacent to an activating group) is 1. The Kier molecular flexibility index (Phi) is 2.62. The van der Waals surface area contributed by atoms with Gasteiger partial charge in [-0.3, -0.25) is 4.79 Å². The number of hydrogen-bond acceptors (Lipinski definition) is 2. The second kappa shape index (κ2) is 3.93. The molecule has 80 valence electrons. The average molecular weight is 204 g/mol. The van der Waals surface area contributed by atoms with Gasteiger partial charge in [0.2, 0.25) is 5.91 Å². The van der Waals surface area contributed by atoms with Crippen molar-refractivity contribution >= 4 is 11.6 Å². The molecule has 1 aromatic carbocycles. The Hall–Kier alpha value is -1.51. The molecular formula is C12H16N2O. The average Bonchev–Trinajstić information content (AvgIpc) is 2.23. The van der Waals surface area contributed by atoms with E-state index in [0.717, 1.165) is 18.7 Å². The van der Waals surface area contributed by atoms with Crippen molar-refractivity contribution in [2.24, 2.45) is 0 Å². The molecule has 1 unspecified atom stereocenters. The molecule has 1 saturated heterocycles. The van der Waals surface area contributed by atoms with E-state index in [9.17, 15) is 4.79 Å². The van der Waals surface area contributed by atoms with Crippen LogP contribution >= 0.6 is 0 Å². The van der Waals surface area contributed by atoms with Crippen LogP contribution in [0.25, 0.3) is 0 Å². The summed E-state index contributed by atoms with van der Waals surface area (Å²) in [5.74, 6) is 0.718. The number of carbonyl (C=O) groups excluding carboxylic acids is 1. The van der Waals surface area contributed by atoms with Crippen molar-refractivity contribution in [1.29, 1.82) is 0 Å². The van der Waals surface area contributed by atoms with E-state index in [1.165, 1.54) is 5.56 Å².